The molecule has 0 fully saturated rings. The van der Waals surface area contributed by atoms with Crippen molar-refractivity contribution in [1.29, 1.82) is 0 Å². The maximum Gasteiger partial charge on any atom is 0.418 e. The second-order valence-electron chi connectivity index (χ2n) is 3.90. The molecule has 2 heteroatoms. The van der Waals surface area contributed by atoms with Crippen molar-refractivity contribution in [3.8, 4) is 0 Å². The van der Waals surface area contributed by atoms with Gasteiger partial charge in [0.1, 0.15) is 5.60 Å². The molecule has 1 radical (unpaired) electrons. The highest BCUT2D eigenvalue weighted by atomic mass is 16.5. The van der Waals surface area contributed by atoms with Crippen molar-refractivity contribution in [2.24, 2.45) is 0 Å². The van der Waals surface area contributed by atoms with Crippen LogP contribution in [0.25, 0.3) is 0 Å². The van der Waals surface area contributed by atoms with Crippen LogP contribution in [0.5, 0.6) is 0 Å². The van der Waals surface area contributed by atoms with Gasteiger partial charge < -0.3 is 4.74 Å². The van der Waals surface area contributed by atoms with Gasteiger partial charge in [-0.05, 0) is 30.4 Å². The molecule has 0 N–H and O–H groups in total. The van der Waals surface area contributed by atoms with Crippen LogP contribution in [0.2, 0.25) is 0 Å². The van der Waals surface area contributed by atoms with Crippen LogP contribution >= 0.6 is 0 Å². The molecule has 0 heterocycles. The van der Waals surface area contributed by atoms with E-state index in [1.54, 1.807) is 6.47 Å². The second-order valence-corrected chi connectivity index (χ2v) is 3.90. The van der Waals surface area contributed by atoms with E-state index in [0.717, 1.165) is 24.8 Å². The van der Waals surface area contributed by atoms with Crippen LogP contribution < -0.4 is 0 Å². The summed E-state index contributed by atoms with van der Waals surface area (Å²) in [7, 11) is 0. The maximum absolute atomic E-state index is 10.6. The zero-order chi connectivity index (χ0) is 12.0. The molecule has 0 saturated carbocycles. The average Bonchev–Trinajstić information content (AvgIpc) is 2.36. The minimum atomic E-state index is -0.506. The number of benzene rings is 1. The minimum absolute atomic E-state index is 0.506. The van der Waals surface area contributed by atoms with Crippen molar-refractivity contribution < 1.29 is 9.53 Å². The van der Waals surface area contributed by atoms with Gasteiger partial charge in [-0.3, -0.25) is 0 Å². The quantitative estimate of drug-likeness (QED) is 0.733. The summed E-state index contributed by atoms with van der Waals surface area (Å²) in [5, 5.41) is 0. The smallest absolute Gasteiger partial charge is 0.418 e. The molecule has 0 saturated heterocycles. The van der Waals surface area contributed by atoms with Gasteiger partial charge in [0.05, 0.1) is 0 Å². The van der Waals surface area contributed by atoms with Crippen LogP contribution in [-0.2, 0) is 21.6 Å². The number of hydrogen-bond acceptors (Lipinski definition) is 2. The third-order valence-corrected chi connectivity index (χ3v) is 3.27. The molecule has 0 bridgehead atoms. The summed E-state index contributed by atoms with van der Waals surface area (Å²) in [5.74, 6) is 0. The average molecular weight is 219 g/mol. The van der Waals surface area contributed by atoms with Crippen molar-refractivity contribution >= 4 is 6.47 Å². The number of rotatable bonds is 6. The first-order chi connectivity index (χ1) is 7.74. The Morgan fingerprint density at radius 2 is 1.81 bits per heavy atom. The molecule has 16 heavy (non-hydrogen) atoms. The lowest BCUT2D eigenvalue weighted by molar-refractivity contribution is 0.0388. The van der Waals surface area contributed by atoms with E-state index in [2.05, 4.69) is 13.0 Å². The fourth-order valence-corrected chi connectivity index (χ4v) is 2.18. The molecule has 1 aromatic carbocycles. The van der Waals surface area contributed by atoms with Crippen LogP contribution in [-0.4, -0.2) is 6.47 Å². The Morgan fingerprint density at radius 1 is 1.19 bits per heavy atom. The monoisotopic (exact) mass is 219 g/mol. The van der Waals surface area contributed by atoms with Gasteiger partial charge >= 0.3 is 6.47 Å². The predicted molar refractivity (Wildman–Crippen MR) is 64.9 cm³/mol. The van der Waals surface area contributed by atoms with Gasteiger partial charge in [0.15, 0.2) is 0 Å². The summed E-state index contributed by atoms with van der Waals surface area (Å²) in [6, 6.07) is 8.14. The van der Waals surface area contributed by atoms with Crippen LogP contribution in [0, 0.1) is 0 Å². The lowest BCUT2D eigenvalue weighted by Crippen LogP contribution is -2.29. The highest BCUT2D eigenvalue weighted by Crippen LogP contribution is 2.34. The topological polar surface area (TPSA) is 26.3 Å². The fourth-order valence-electron chi connectivity index (χ4n) is 2.18. The van der Waals surface area contributed by atoms with Crippen molar-refractivity contribution in [2.45, 2.75) is 45.6 Å². The lowest BCUT2D eigenvalue weighted by atomic mass is 9.84. The maximum atomic E-state index is 10.6. The SMILES string of the molecule is CCc1ccccc1C(CC)(CC)O[C]=O. The molecule has 0 amide bonds. The summed E-state index contributed by atoms with van der Waals surface area (Å²) in [6.07, 6.45) is 2.49. The molecule has 0 aliphatic rings. The zero-order valence-electron chi connectivity index (χ0n) is 10.2. The van der Waals surface area contributed by atoms with Gasteiger partial charge in [0.25, 0.3) is 0 Å². The Morgan fingerprint density at radius 3 is 2.31 bits per heavy atom. The van der Waals surface area contributed by atoms with Crippen molar-refractivity contribution in [3.63, 3.8) is 0 Å². The molecular weight excluding hydrogens is 200 g/mol. The highest BCUT2D eigenvalue weighted by Gasteiger charge is 2.32. The van der Waals surface area contributed by atoms with E-state index >= 15 is 0 Å². The van der Waals surface area contributed by atoms with Crippen molar-refractivity contribution in [3.05, 3.63) is 35.4 Å². The summed E-state index contributed by atoms with van der Waals surface area (Å²) < 4.78 is 5.25. The third-order valence-electron chi connectivity index (χ3n) is 3.27. The Balaban J connectivity index is 3.23. The Bertz CT molecular complexity index is 340. The van der Waals surface area contributed by atoms with Gasteiger partial charge in [-0.2, -0.15) is 0 Å². The van der Waals surface area contributed by atoms with E-state index in [1.807, 2.05) is 32.0 Å². The largest absolute Gasteiger partial charge is 0.446 e. The molecule has 0 unspecified atom stereocenters. The van der Waals surface area contributed by atoms with E-state index < -0.39 is 5.60 Å². The number of hydrogen-bond donors (Lipinski definition) is 0. The van der Waals surface area contributed by atoms with Crippen LogP contribution in [0.3, 0.4) is 0 Å². The lowest BCUT2D eigenvalue weighted by Gasteiger charge is -2.31. The van der Waals surface area contributed by atoms with E-state index in [-0.39, 0.29) is 0 Å². The molecular formula is C14H19O2. The summed E-state index contributed by atoms with van der Waals surface area (Å²) in [4.78, 5) is 10.6. The first-order valence-corrected chi connectivity index (χ1v) is 5.87. The summed E-state index contributed by atoms with van der Waals surface area (Å²) >= 11 is 0. The highest BCUT2D eigenvalue weighted by molar-refractivity contribution is 5.43. The first kappa shape index (κ1) is 12.8. The molecule has 0 aliphatic carbocycles. The standard InChI is InChI=1S/C14H19O2/c1-4-12-9-7-8-10-13(12)14(5-2,6-3)16-11-15/h7-10H,4-6H2,1-3H3. The van der Waals surface area contributed by atoms with E-state index in [0.29, 0.717) is 0 Å². The van der Waals surface area contributed by atoms with Crippen molar-refractivity contribution in [2.75, 3.05) is 0 Å². The van der Waals surface area contributed by atoms with E-state index in [4.69, 9.17) is 4.74 Å². The Hall–Kier alpha value is -1.31. The van der Waals surface area contributed by atoms with E-state index in [1.165, 1.54) is 5.56 Å². The molecule has 0 aromatic heterocycles. The van der Waals surface area contributed by atoms with E-state index in [9.17, 15) is 4.79 Å². The van der Waals surface area contributed by atoms with Gasteiger partial charge in [-0.15, -0.1) is 0 Å². The van der Waals surface area contributed by atoms with Crippen molar-refractivity contribution in [1.82, 2.24) is 0 Å². The molecule has 1 aromatic rings. The first-order valence-electron chi connectivity index (χ1n) is 5.87. The van der Waals surface area contributed by atoms with Crippen LogP contribution in [0.1, 0.15) is 44.7 Å². The molecule has 0 aliphatic heterocycles. The second kappa shape index (κ2) is 5.69. The molecule has 1 rings (SSSR count). The predicted octanol–water partition coefficient (Wildman–Crippen LogP) is 3.35. The number of carbonyl (C=O) groups excluding carboxylic acids is 1. The fraction of sp³-hybridized carbons (Fsp3) is 0.500. The third kappa shape index (κ3) is 2.26. The van der Waals surface area contributed by atoms with Crippen LogP contribution in [0.15, 0.2) is 24.3 Å². The van der Waals surface area contributed by atoms with Gasteiger partial charge in [-0.25, -0.2) is 4.79 Å². The molecule has 87 valence electrons. The Labute approximate surface area is 97.6 Å². The summed E-state index contributed by atoms with van der Waals surface area (Å²) in [6.45, 7) is 7.79. The normalized spacial score (nSPS) is 11.2. The molecule has 0 atom stereocenters. The number of aryl methyl sites for hydroxylation is 1. The van der Waals surface area contributed by atoms with Gasteiger partial charge in [-0.1, -0.05) is 45.0 Å². The van der Waals surface area contributed by atoms with Gasteiger partial charge in [0.2, 0.25) is 0 Å². The number of ether oxygens (including phenoxy) is 1. The minimum Gasteiger partial charge on any atom is -0.446 e. The van der Waals surface area contributed by atoms with Gasteiger partial charge in [0, 0.05) is 0 Å². The summed E-state index contributed by atoms with van der Waals surface area (Å²) in [5.41, 5.74) is 1.85. The molecule has 0 spiro atoms. The zero-order valence-corrected chi connectivity index (χ0v) is 10.2. The Kier molecular flexibility index (Phi) is 4.53. The molecule has 2 nitrogen and oxygen atoms in total. The van der Waals surface area contributed by atoms with Crippen LogP contribution in [0.4, 0.5) is 0 Å².